The summed E-state index contributed by atoms with van der Waals surface area (Å²) < 4.78 is 0. The highest BCUT2D eigenvalue weighted by atomic mass is 16.2. The van der Waals surface area contributed by atoms with Gasteiger partial charge in [0.05, 0.1) is 6.04 Å². The first-order valence-electron chi connectivity index (χ1n) is 7.19. The Bertz CT molecular complexity index is 495. The molecule has 1 aromatic rings. The number of hydrogen-bond acceptors (Lipinski definition) is 2. The van der Waals surface area contributed by atoms with E-state index in [0.717, 1.165) is 19.6 Å². The maximum absolute atomic E-state index is 12.1. The minimum atomic E-state index is -0.111. The van der Waals surface area contributed by atoms with E-state index < -0.39 is 0 Å². The monoisotopic (exact) mass is 270 g/mol. The molecule has 0 bridgehead atoms. The van der Waals surface area contributed by atoms with Crippen LogP contribution in [0, 0.1) is 11.8 Å². The molecule has 1 heterocycles. The fourth-order valence-corrected chi connectivity index (χ4v) is 2.67. The molecule has 1 atom stereocenters. The van der Waals surface area contributed by atoms with Gasteiger partial charge in [-0.3, -0.25) is 4.79 Å². The normalized spacial score (nSPS) is 16.3. The maximum atomic E-state index is 12.1. The van der Waals surface area contributed by atoms with Crippen LogP contribution >= 0.6 is 0 Å². The molecule has 0 radical (unpaired) electrons. The van der Waals surface area contributed by atoms with Crippen molar-refractivity contribution in [1.29, 1.82) is 0 Å². The molecule has 0 saturated carbocycles. The highest BCUT2D eigenvalue weighted by Gasteiger charge is 2.24. The molecule has 1 amide bonds. The van der Waals surface area contributed by atoms with Crippen molar-refractivity contribution in [3.8, 4) is 11.8 Å². The van der Waals surface area contributed by atoms with E-state index >= 15 is 0 Å². The molecule has 3 nitrogen and oxygen atoms in total. The third kappa shape index (κ3) is 3.61. The molecule has 0 unspecified atom stereocenters. The van der Waals surface area contributed by atoms with E-state index in [1.807, 2.05) is 25.2 Å². The van der Waals surface area contributed by atoms with Gasteiger partial charge in [-0.15, -0.1) is 0 Å². The number of carbonyl (C=O) groups is 1. The number of amides is 1. The Morgan fingerprint density at radius 3 is 2.55 bits per heavy atom. The lowest BCUT2D eigenvalue weighted by molar-refractivity contribution is -0.126. The Morgan fingerprint density at radius 2 is 1.95 bits per heavy atom. The van der Waals surface area contributed by atoms with Gasteiger partial charge in [-0.05, 0) is 44.3 Å². The summed E-state index contributed by atoms with van der Waals surface area (Å²) in [5.74, 6) is 5.22. The second-order valence-electron chi connectivity index (χ2n) is 5.23. The maximum Gasteiger partial charge on any atom is 0.298 e. The third-order valence-corrected chi connectivity index (χ3v) is 3.83. The average molecular weight is 270 g/mol. The summed E-state index contributed by atoms with van der Waals surface area (Å²) in [5, 5.41) is 0. The van der Waals surface area contributed by atoms with Gasteiger partial charge >= 0.3 is 0 Å². The zero-order chi connectivity index (χ0) is 14.4. The van der Waals surface area contributed by atoms with Gasteiger partial charge in [-0.25, -0.2) is 0 Å². The number of likely N-dealkylation sites (N-methyl/N-ethyl adjacent to an activating group) is 1. The lowest BCUT2D eigenvalue weighted by Gasteiger charge is -2.30. The minimum absolute atomic E-state index is 0.0719. The van der Waals surface area contributed by atoms with Crippen LogP contribution in [0.2, 0.25) is 0 Å². The van der Waals surface area contributed by atoms with Gasteiger partial charge in [-0.1, -0.05) is 36.3 Å². The first kappa shape index (κ1) is 14.6. The van der Waals surface area contributed by atoms with Crippen LogP contribution in [0.15, 0.2) is 30.3 Å². The average Bonchev–Trinajstić information content (AvgIpc) is 2.98. The zero-order valence-electron chi connectivity index (χ0n) is 12.3. The van der Waals surface area contributed by atoms with Crippen molar-refractivity contribution in [2.45, 2.75) is 25.8 Å². The lowest BCUT2D eigenvalue weighted by atomic mass is 10.0. The molecule has 1 aliphatic rings. The van der Waals surface area contributed by atoms with Gasteiger partial charge in [0.2, 0.25) is 0 Å². The van der Waals surface area contributed by atoms with Crippen molar-refractivity contribution in [1.82, 2.24) is 9.80 Å². The summed E-state index contributed by atoms with van der Waals surface area (Å²) in [6.45, 7) is 4.84. The summed E-state index contributed by atoms with van der Waals surface area (Å²) in [5.41, 5.74) is 1.17. The summed E-state index contributed by atoms with van der Waals surface area (Å²) in [4.78, 5) is 16.3. The number of rotatable bonds is 4. The number of carbonyl (C=O) groups excluding carboxylic acids is 1. The molecule has 3 heteroatoms. The highest BCUT2D eigenvalue weighted by molar-refractivity contribution is 5.93. The Morgan fingerprint density at radius 1 is 1.30 bits per heavy atom. The van der Waals surface area contributed by atoms with Crippen molar-refractivity contribution in [2.24, 2.45) is 0 Å². The number of likely N-dealkylation sites (tertiary alicyclic amines) is 1. The van der Waals surface area contributed by atoms with E-state index in [9.17, 15) is 4.79 Å². The highest BCUT2D eigenvalue weighted by Crippen LogP contribution is 2.22. The van der Waals surface area contributed by atoms with Gasteiger partial charge in [0, 0.05) is 13.6 Å². The Labute approximate surface area is 121 Å². The van der Waals surface area contributed by atoms with Crippen LogP contribution in [0.4, 0.5) is 0 Å². The van der Waals surface area contributed by atoms with Crippen LogP contribution in [-0.2, 0) is 4.79 Å². The van der Waals surface area contributed by atoms with Gasteiger partial charge in [-0.2, -0.15) is 0 Å². The molecular weight excluding hydrogens is 248 g/mol. The summed E-state index contributed by atoms with van der Waals surface area (Å²) in [6, 6.07) is 10.3. The predicted molar refractivity (Wildman–Crippen MR) is 81.1 cm³/mol. The standard InChI is InChI=1S/C17H22N2O/c1-3-9-17(20)18(2)16(14-19-12-7-8-13-19)15-10-5-4-6-11-15/h4-6,10-11,16H,7-8,12-14H2,1-2H3/t16-/m1/s1. The molecule has 1 saturated heterocycles. The smallest absolute Gasteiger partial charge is 0.298 e. The van der Waals surface area contributed by atoms with Crippen LogP contribution < -0.4 is 0 Å². The van der Waals surface area contributed by atoms with Crippen molar-refractivity contribution >= 4 is 5.91 Å². The van der Waals surface area contributed by atoms with E-state index in [0.29, 0.717) is 0 Å². The molecule has 20 heavy (non-hydrogen) atoms. The molecule has 0 aliphatic carbocycles. The molecule has 0 N–H and O–H groups in total. The molecule has 1 aromatic carbocycles. The number of nitrogens with zero attached hydrogens (tertiary/aromatic N) is 2. The molecular formula is C17H22N2O. The molecule has 106 valence electrons. The van der Waals surface area contributed by atoms with Crippen molar-refractivity contribution in [2.75, 3.05) is 26.7 Å². The van der Waals surface area contributed by atoms with Gasteiger partial charge in [0.25, 0.3) is 5.91 Å². The van der Waals surface area contributed by atoms with Gasteiger partial charge in [0.1, 0.15) is 0 Å². The minimum Gasteiger partial charge on any atom is -0.327 e. The van der Waals surface area contributed by atoms with Crippen molar-refractivity contribution < 1.29 is 4.79 Å². The van der Waals surface area contributed by atoms with Crippen LogP contribution in [-0.4, -0.2) is 42.4 Å². The topological polar surface area (TPSA) is 23.6 Å². The van der Waals surface area contributed by atoms with Crippen molar-refractivity contribution in [3.63, 3.8) is 0 Å². The molecule has 1 aliphatic heterocycles. The fraction of sp³-hybridized carbons (Fsp3) is 0.471. The van der Waals surface area contributed by atoms with Crippen LogP contribution in [0.3, 0.4) is 0 Å². The van der Waals surface area contributed by atoms with E-state index in [4.69, 9.17) is 0 Å². The van der Waals surface area contributed by atoms with E-state index in [1.54, 1.807) is 11.8 Å². The SMILES string of the molecule is CC#CC(=O)N(C)[C@H](CN1CCCC1)c1ccccc1. The fourth-order valence-electron chi connectivity index (χ4n) is 2.67. The molecule has 0 spiro atoms. The van der Waals surface area contributed by atoms with E-state index in [2.05, 4.69) is 28.9 Å². The number of hydrogen-bond donors (Lipinski definition) is 0. The molecule has 1 fully saturated rings. The predicted octanol–water partition coefficient (Wildman–Crippen LogP) is 2.31. The number of benzene rings is 1. The summed E-state index contributed by atoms with van der Waals surface area (Å²) in [7, 11) is 1.85. The first-order chi connectivity index (χ1) is 9.72. The molecule has 0 aromatic heterocycles. The van der Waals surface area contributed by atoms with Crippen LogP contribution in [0.25, 0.3) is 0 Å². The second-order valence-corrected chi connectivity index (χ2v) is 5.23. The van der Waals surface area contributed by atoms with Crippen LogP contribution in [0.1, 0.15) is 31.4 Å². The van der Waals surface area contributed by atoms with Gasteiger partial charge in [0.15, 0.2) is 0 Å². The largest absolute Gasteiger partial charge is 0.327 e. The quantitative estimate of drug-likeness (QED) is 0.784. The van der Waals surface area contributed by atoms with Crippen LogP contribution in [0.5, 0.6) is 0 Å². The van der Waals surface area contributed by atoms with Crippen molar-refractivity contribution in [3.05, 3.63) is 35.9 Å². The summed E-state index contributed by atoms with van der Waals surface area (Å²) in [6.07, 6.45) is 2.52. The molecule has 2 rings (SSSR count). The third-order valence-electron chi connectivity index (χ3n) is 3.83. The second kappa shape index (κ2) is 7.12. The Kier molecular flexibility index (Phi) is 5.20. The summed E-state index contributed by atoms with van der Waals surface area (Å²) >= 11 is 0. The Balaban J connectivity index is 2.18. The van der Waals surface area contributed by atoms with E-state index in [1.165, 1.54) is 18.4 Å². The lowest BCUT2D eigenvalue weighted by Crippen LogP contribution is -2.38. The van der Waals surface area contributed by atoms with Gasteiger partial charge < -0.3 is 9.80 Å². The first-order valence-corrected chi connectivity index (χ1v) is 7.19. The van der Waals surface area contributed by atoms with E-state index in [-0.39, 0.29) is 11.9 Å². The zero-order valence-corrected chi connectivity index (χ0v) is 12.3. The Hall–Kier alpha value is -1.79.